The van der Waals surface area contributed by atoms with E-state index in [0.29, 0.717) is 42.5 Å². The number of fused-ring (bicyclic) bond motifs is 1. The predicted octanol–water partition coefficient (Wildman–Crippen LogP) is 5.04. The topological polar surface area (TPSA) is 99.9 Å². The van der Waals surface area contributed by atoms with Crippen LogP contribution < -0.4 is 20.7 Å². The van der Waals surface area contributed by atoms with Gasteiger partial charge in [-0.2, -0.15) is 0 Å². The average Bonchev–Trinajstić information content (AvgIpc) is 3.55. The Kier molecular flexibility index (Phi) is 7.38. The molecule has 0 saturated carbocycles. The molecule has 1 amide bonds. The normalized spacial score (nSPS) is 15.3. The highest BCUT2D eigenvalue weighted by atomic mass is 32.1. The van der Waals surface area contributed by atoms with Crippen molar-refractivity contribution >= 4 is 40.1 Å². The molecule has 3 aromatic heterocycles. The Morgan fingerprint density at radius 1 is 1.10 bits per heavy atom. The zero-order chi connectivity index (χ0) is 29.6. The lowest BCUT2D eigenvalue weighted by atomic mass is 9.94. The number of anilines is 4. The molecule has 218 valence electrons. The van der Waals surface area contributed by atoms with Crippen molar-refractivity contribution in [2.45, 2.75) is 39.3 Å². The molecule has 1 fully saturated rings. The van der Waals surface area contributed by atoms with Crippen molar-refractivity contribution < 1.29 is 14.6 Å². The minimum Gasteiger partial charge on any atom is -0.392 e. The SMILES string of the molecule is Cn1cc(-c2cccc(N3Cc4cc(C(C)(C)C)sc4C3=O)c2CO)cc(Nc2ccc(N3CCOCC3)cn2)c1=O. The molecule has 1 aromatic carbocycles. The van der Waals surface area contributed by atoms with Gasteiger partial charge in [-0.3, -0.25) is 9.59 Å². The van der Waals surface area contributed by atoms with E-state index in [1.807, 2.05) is 30.3 Å². The molecule has 0 aliphatic carbocycles. The first-order valence-corrected chi connectivity index (χ1v) is 14.9. The lowest BCUT2D eigenvalue weighted by molar-refractivity contribution is 0.0999. The molecule has 2 aliphatic rings. The number of benzene rings is 1. The Morgan fingerprint density at radius 2 is 1.88 bits per heavy atom. The number of morpholine rings is 1. The Hall–Kier alpha value is -3.99. The van der Waals surface area contributed by atoms with Gasteiger partial charge < -0.3 is 29.5 Å². The number of aliphatic hydroxyl groups excluding tert-OH is 1. The van der Waals surface area contributed by atoms with Crippen molar-refractivity contribution in [2.24, 2.45) is 7.05 Å². The Labute approximate surface area is 249 Å². The highest BCUT2D eigenvalue weighted by Crippen LogP contribution is 2.41. The number of rotatable bonds is 6. The van der Waals surface area contributed by atoms with Crippen LogP contribution in [-0.2, 0) is 30.4 Å². The van der Waals surface area contributed by atoms with E-state index in [2.05, 4.69) is 42.0 Å². The molecule has 0 atom stereocenters. The van der Waals surface area contributed by atoms with Gasteiger partial charge in [0, 0.05) is 42.3 Å². The second kappa shape index (κ2) is 11.0. The van der Waals surface area contributed by atoms with E-state index >= 15 is 0 Å². The van der Waals surface area contributed by atoms with Gasteiger partial charge in [0.2, 0.25) is 0 Å². The molecular weight excluding hydrogens is 550 g/mol. The summed E-state index contributed by atoms with van der Waals surface area (Å²) in [7, 11) is 1.70. The number of nitrogens with zero attached hydrogens (tertiary/aromatic N) is 4. The molecule has 5 heterocycles. The maximum atomic E-state index is 13.5. The van der Waals surface area contributed by atoms with E-state index < -0.39 is 0 Å². The van der Waals surface area contributed by atoms with Crippen LogP contribution in [0.2, 0.25) is 0 Å². The molecule has 9 nitrogen and oxygen atoms in total. The van der Waals surface area contributed by atoms with Crippen molar-refractivity contribution in [2.75, 3.05) is 41.4 Å². The van der Waals surface area contributed by atoms with Crippen LogP contribution >= 0.6 is 11.3 Å². The zero-order valence-corrected chi connectivity index (χ0v) is 25.1. The van der Waals surface area contributed by atoms with Crippen molar-refractivity contribution in [1.82, 2.24) is 9.55 Å². The molecule has 1 saturated heterocycles. The van der Waals surface area contributed by atoms with E-state index in [0.717, 1.165) is 40.3 Å². The maximum Gasteiger partial charge on any atom is 0.274 e. The number of aromatic nitrogens is 2. The number of amides is 1. The standard InChI is InChI=1S/C32H35N5O4S/c1-32(2,3)27-15-21-18-37(31(40)29(21)42-27)26-7-5-6-23(24(26)19-38)20-14-25(30(39)35(4)17-20)34-28-9-8-22(16-33-28)36-10-12-41-13-11-36/h5-9,14-17,38H,10-13,18-19H2,1-4H3,(H,33,34). The number of pyridine rings is 2. The van der Waals surface area contributed by atoms with Crippen LogP contribution in [0.3, 0.4) is 0 Å². The molecule has 0 unspecified atom stereocenters. The van der Waals surface area contributed by atoms with Crippen molar-refractivity contribution in [3.63, 3.8) is 0 Å². The van der Waals surface area contributed by atoms with Crippen LogP contribution in [0.25, 0.3) is 11.1 Å². The monoisotopic (exact) mass is 585 g/mol. The van der Waals surface area contributed by atoms with Crippen LogP contribution in [0.15, 0.2) is 59.7 Å². The summed E-state index contributed by atoms with van der Waals surface area (Å²) in [5.74, 6) is 0.507. The molecule has 0 spiro atoms. The summed E-state index contributed by atoms with van der Waals surface area (Å²) >= 11 is 1.55. The molecular formula is C32H35N5O4S. The van der Waals surface area contributed by atoms with Crippen molar-refractivity contribution in [3.8, 4) is 11.1 Å². The fraction of sp³-hybridized carbons (Fsp3) is 0.344. The van der Waals surface area contributed by atoms with Gasteiger partial charge >= 0.3 is 0 Å². The van der Waals surface area contributed by atoms with Gasteiger partial charge in [-0.15, -0.1) is 11.3 Å². The van der Waals surface area contributed by atoms with Crippen LogP contribution in [0.1, 0.15) is 46.4 Å². The van der Waals surface area contributed by atoms with Crippen LogP contribution in [0.5, 0.6) is 0 Å². The van der Waals surface area contributed by atoms with E-state index in [4.69, 9.17) is 4.74 Å². The first-order chi connectivity index (χ1) is 20.1. The van der Waals surface area contributed by atoms with E-state index in [1.165, 1.54) is 9.44 Å². The fourth-order valence-corrected chi connectivity index (χ4v) is 6.65. The molecule has 42 heavy (non-hydrogen) atoms. The van der Waals surface area contributed by atoms with Gasteiger partial charge in [-0.05, 0) is 46.9 Å². The van der Waals surface area contributed by atoms with Gasteiger partial charge in [0.05, 0.1) is 48.8 Å². The Bertz CT molecular complexity index is 1700. The number of carbonyl (C=O) groups excluding carboxylic acids is 1. The summed E-state index contributed by atoms with van der Waals surface area (Å²) in [5.41, 5.74) is 4.97. The number of carbonyl (C=O) groups is 1. The van der Waals surface area contributed by atoms with Gasteiger partial charge in [-0.25, -0.2) is 4.98 Å². The second-order valence-electron chi connectivity index (χ2n) is 11.8. The highest BCUT2D eigenvalue weighted by molar-refractivity contribution is 7.14. The molecule has 0 radical (unpaired) electrons. The predicted molar refractivity (Wildman–Crippen MR) is 167 cm³/mol. The molecule has 2 aliphatic heterocycles. The van der Waals surface area contributed by atoms with Gasteiger partial charge in [0.1, 0.15) is 11.5 Å². The van der Waals surface area contributed by atoms with E-state index in [1.54, 1.807) is 41.7 Å². The van der Waals surface area contributed by atoms with E-state index in [-0.39, 0.29) is 23.5 Å². The fourth-order valence-electron chi connectivity index (χ4n) is 5.48. The third-order valence-corrected chi connectivity index (χ3v) is 9.39. The number of nitrogens with one attached hydrogen (secondary N) is 1. The Morgan fingerprint density at radius 3 is 2.55 bits per heavy atom. The number of thiophene rings is 1. The third kappa shape index (κ3) is 5.21. The van der Waals surface area contributed by atoms with Gasteiger partial charge in [0.25, 0.3) is 11.5 Å². The number of aryl methyl sites for hydroxylation is 1. The minimum atomic E-state index is -0.258. The largest absolute Gasteiger partial charge is 0.392 e. The quantitative estimate of drug-likeness (QED) is 0.327. The van der Waals surface area contributed by atoms with Crippen molar-refractivity contribution in [3.05, 3.63) is 86.1 Å². The lowest BCUT2D eigenvalue weighted by Gasteiger charge is -2.28. The van der Waals surface area contributed by atoms with Crippen molar-refractivity contribution in [1.29, 1.82) is 0 Å². The summed E-state index contributed by atoms with van der Waals surface area (Å²) < 4.78 is 6.95. The summed E-state index contributed by atoms with van der Waals surface area (Å²) in [6.07, 6.45) is 3.55. The molecule has 0 bridgehead atoms. The second-order valence-corrected chi connectivity index (χ2v) is 12.8. The molecule has 6 rings (SSSR count). The summed E-state index contributed by atoms with van der Waals surface area (Å²) in [4.78, 5) is 37.1. The van der Waals surface area contributed by atoms with Gasteiger partial charge in [-0.1, -0.05) is 32.9 Å². The van der Waals surface area contributed by atoms with Gasteiger partial charge in [0.15, 0.2) is 0 Å². The first-order valence-electron chi connectivity index (χ1n) is 14.1. The number of ether oxygens (including phenoxy) is 1. The molecule has 10 heteroatoms. The molecule has 2 N–H and O–H groups in total. The van der Waals surface area contributed by atoms with Crippen LogP contribution in [0.4, 0.5) is 22.9 Å². The smallest absolute Gasteiger partial charge is 0.274 e. The maximum absolute atomic E-state index is 13.5. The number of hydrogen-bond donors (Lipinski definition) is 2. The number of aliphatic hydroxyl groups is 1. The average molecular weight is 586 g/mol. The summed E-state index contributed by atoms with van der Waals surface area (Å²) in [5, 5.41) is 13.7. The number of hydrogen-bond acceptors (Lipinski definition) is 8. The first kappa shape index (κ1) is 28.1. The van der Waals surface area contributed by atoms with Crippen LogP contribution in [-0.4, -0.2) is 46.9 Å². The Balaban J connectivity index is 1.30. The molecule has 4 aromatic rings. The summed E-state index contributed by atoms with van der Waals surface area (Å²) in [6, 6.07) is 13.4. The summed E-state index contributed by atoms with van der Waals surface area (Å²) in [6.45, 7) is 9.67. The van der Waals surface area contributed by atoms with E-state index in [9.17, 15) is 14.7 Å². The highest BCUT2D eigenvalue weighted by Gasteiger charge is 2.34. The minimum absolute atomic E-state index is 0.0222. The zero-order valence-electron chi connectivity index (χ0n) is 24.3. The third-order valence-electron chi connectivity index (χ3n) is 7.80. The van der Waals surface area contributed by atoms with Crippen LogP contribution in [0, 0.1) is 0 Å². The lowest BCUT2D eigenvalue weighted by Crippen LogP contribution is -2.36.